The number of para-hydroxylation sites is 2. The average molecular weight is 457 g/mol. The summed E-state index contributed by atoms with van der Waals surface area (Å²) in [6.45, 7) is 2.78. The molecule has 1 unspecified atom stereocenters. The SMILES string of the molecule is CC(O)CCC(=O)NCCc1nc2ccccc2n1Cc1ccc(Cl)c(Cl)c1.Cl. The van der Waals surface area contributed by atoms with Crippen molar-refractivity contribution in [3.05, 3.63) is 63.9 Å². The van der Waals surface area contributed by atoms with E-state index < -0.39 is 6.10 Å². The highest BCUT2D eigenvalue weighted by molar-refractivity contribution is 6.42. The second-order valence-corrected chi connectivity index (χ2v) is 7.65. The van der Waals surface area contributed by atoms with Crippen molar-refractivity contribution < 1.29 is 9.90 Å². The van der Waals surface area contributed by atoms with E-state index in [-0.39, 0.29) is 18.3 Å². The van der Waals surface area contributed by atoms with Crippen LogP contribution < -0.4 is 5.32 Å². The molecule has 5 nitrogen and oxygen atoms in total. The number of benzene rings is 2. The highest BCUT2D eigenvalue weighted by atomic mass is 35.5. The Morgan fingerprint density at radius 2 is 1.97 bits per heavy atom. The molecule has 3 aromatic rings. The van der Waals surface area contributed by atoms with Gasteiger partial charge in [-0.15, -0.1) is 12.4 Å². The molecule has 0 aliphatic heterocycles. The van der Waals surface area contributed by atoms with Gasteiger partial charge in [0.25, 0.3) is 0 Å². The summed E-state index contributed by atoms with van der Waals surface area (Å²) in [7, 11) is 0. The molecule has 1 atom stereocenters. The number of carbonyl (C=O) groups excluding carboxylic acids is 1. The number of rotatable bonds is 8. The molecule has 0 aliphatic carbocycles. The molecule has 29 heavy (non-hydrogen) atoms. The van der Waals surface area contributed by atoms with E-state index in [0.29, 0.717) is 42.4 Å². The molecule has 0 radical (unpaired) electrons. The van der Waals surface area contributed by atoms with Gasteiger partial charge in [0.2, 0.25) is 5.91 Å². The van der Waals surface area contributed by atoms with Gasteiger partial charge < -0.3 is 15.0 Å². The molecule has 0 spiro atoms. The summed E-state index contributed by atoms with van der Waals surface area (Å²) in [5.74, 6) is 0.830. The third-order valence-corrected chi connectivity index (χ3v) is 5.26. The molecular formula is C21H24Cl3N3O2. The number of aromatic nitrogens is 2. The van der Waals surface area contributed by atoms with E-state index in [1.165, 1.54) is 0 Å². The first-order valence-corrected chi connectivity index (χ1v) is 10.0. The molecule has 8 heteroatoms. The number of carbonyl (C=O) groups is 1. The predicted molar refractivity (Wildman–Crippen MR) is 120 cm³/mol. The Labute approximate surface area is 186 Å². The molecule has 0 fully saturated rings. The van der Waals surface area contributed by atoms with Gasteiger partial charge in [-0.05, 0) is 43.2 Å². The summed E-state index contributed by atoms with van der Waals surface area (Å²) in [6, 6.07) is 13.6. The van der Waals surface area contributed by atoms with Crippen molar-refractivity contribution >= 4 is 52.5 Å². The van der Waals surface area contributed by atoms with E-state index in [0.717, 1.165) is 22.4 Å². The fourth-order valence-electron chi connectivity index (χ4n) is 3.06. The molecule has 0 saturated carbocycles. The molecule has 0 saturated heterocycles. The topological polar surface area (TPSA) is 67.2 Å². The van der Waals surface area contributed by atoms with Crippen molar-refractivity contribution in [3.63, 3.8) is 0 Å². The zero-order valence-corrected chi connectivity index (χ0v) is 18.4. The number of aliphatic hydroxyl groups excluding tert-OH is 1. The van der Waals surface area contributed by atoms with E-state index in [2.05, 4.69) is 9.88 Å². The van der Waals surface area contributed by atoms with E-state index in [1.807, 2.05) is 36.4 Å². The van der Waals surface area contributed by atoms with E-state index in [9.17, 15) is 9.90 Å². The Balaban J connectivity index is 0.00000300. The quantitative estimate of drug-likeness (QED) is 0.519. The van der Waals surface area contributed by atoms with Crippen molar-refractivity contribution in [2.24, 2.45) is 0 Å². The van der Waals surface area contributed by atoms with Gasteiger partial charge in [0.05, 0.1) is 27.2 Å². The van der Waals surface area contributed by atoms with Crippen molar-refractivity contribution in [1.29, 1.82) is 0 Å². The fourth-order valence-corrected chi connectivity index (χ4v) is 3.38. The predicted octanol–water partition coefficient (Wildman–Crippen LogP) is 4.63. The average Bonchev–Trinajstić information content (AvgIpc) is 3.00. The molecule has 156 valence electrons. The van der Waals surface area contributed by atoms with Gasteiger partial charge in [-0.3, -0.25) is 4.79 Å². The molecular weight excluding hydrogens is 433 g/mol. The Morgan fingerprint density at radius 3 is 2.69 bits per heavy atom. The number of nitrogens with one attached hydrogen (secondary N) is 1. The van der Waals surface area contributed by atoms with Crippen LogP contribution in [0.4, 0.5) is 0 Å². The lowest BCUT2D eigenvalue weighted by Crippen LogP contribution is -2.27. The number of aliphatic hydroxyl groups is 1. The second-order valence-electron chi connectivity index (χ2n) is 6.84. The minimum Gasteiger partial charge on any atom is -0.393 e. The van der Waals surface area contributed by atoms with Crippen molar-refractivity contribution in [2.45, 2.75) is 38.8 Å². The lowest BCUT2D eigenvalue weighted by Gasteiger charge is -2.11. The molecule has 3 rings (SSSR count). The van der Waals surface area contributed by atoms with E-state index in [1.54, 1.807) is 13.0 Å². The summed E-state index contributed by atoms with van der Waals surface area (Å²) in [6.07, 6.45) is 0.913. The van der Waals surface area contributed by atoms with Gasteiger partial charge in [0.15, 0.2) is 0 Å². The minimum atomic E-state index is -0.471. The van der Waals surface area contributed by atoms with Crippen LogP contribution in [0.15, 0.2) is 42.5 Å². The maximum absolute atomic E-state index is 11.9. The van der Waals surface area contributed by atoms with Crippen LogP contribution in [0.2, 0.25) is 10.0 Å². The number of halogens is 3. The Kier molecular flexibility index (Phi) is 8.78. The third kappa shape index (κ3) is 6.34. The highest BCUT2D eigenvalue weighted by Gasteiger charge is 2.12. The van der Waals surface area contributed by atoms with Crippen LogP contribution in [0.25, 0.3) is 11.0 Å². The summed E-state index contributed by atoms with van der Waals surface area (Å²) < 4.78 is 2.14. The summed E-state index contributed by atoms with van der Waals surface area (Å²) in [5.41, 5.74) is 2.97. The number of nitrogens with zero attached hydrogens (tertiary/aromatic N) is 2. The number of hydrogen-bond acceptors (Lipinski definition) is 3. The summed E-state index contributed by atoms with van der Waals surface area (Å²) in [5, 5.41) is 13.2. The highest BCUT2D eigenvalue weighted by Crippen LogP contribution is 2.24. The Bertz CT molecular complexity index is 973. The van der Waals surface area contributed by atoms with Crippen LogP contribution in [-0.2, 0) is 17.8 Å². The fraction of sp³-hybridized carbons (Fsp3) is 0.333. The lowest BCUT2D eigenvalue weighted by molar-refractivity contribution is -0.121. The maximum atomic E-state index is 11.9. The van der Waals surface area contributed by atoms with Gasteiger partial charge in [0, 0.05) is 25.9 Å². The van der Waals surface area contributed by atoms with Gasteiger partial charge >= 0.3 is 0 Å². The maximum Gasteiger partial charge on any atom is 0.220 e. The number of hydrogen-bond donors (Lipinski definition) is 2. The number of imidazole rings is 1. The van der Waals surface area contributed by atoms with Crippen LogP contribution in [0, 0.1) is 0 Å². The van der Waals surface area contributed by atoms with Gasteiger partial charge in [-0.1, -0.05) is 41.4 Å². The van der Waals surface area contributed by atoms with Crippen LogP contribution >= 0.6 is 35.6 Å². The number of amides is 1. The smallest absolute Gasteiger partial charge is 0.220 e. The standard InChI is InChI=1S/C21H23Cl2N3O2.ClH/c1-14(27)6-9-21(28)24-11-10-20-25-18-4-2-3-5-19(18)26(20)13-15-7-8-16(22)17(23)12-15;/h2-5,7-8,12,14,27H,6,9-11,13H2,1H3,(H,24,28);1H. The second kappa shape index (κ2) is 10.8. The van der Waals surface area contributed by atoms with E-state index >= 15 is 0 Å². The molecule has 2 aromatic carbocycles. The zero-order valence-electron chi connectivity index (χ0n) is 16.1. The minimum absolute atomic E-state index is 0. The molecule has 2 N–H and O–H groups in total. The lowest BCUT2D eigenvalue weighted by atomic mass is 10.2. The monoisotopic (exact) mass is 455 g/mol. The van der Waals surface area contributed by atoms with Crippen molar-refractivity contribution in [2.75, 3.05) is 6.54 Å². The first-order chi connectivity index (χ1) is 13.4. The molecule has 1 amide bonds. The molecule has 0 aliphatic rings. The third-order valence-electron chi connectivity index (χ3n) is 4.52. The molecule has 1 heterocycles. The summed E-state index contributed by atoms with van der Waals surface area (Å²) >= 11 is 12.2. The molecule has 1 aromatic heterocycles. The van der Waals surface area contributed by atoms with Crippen LogP contribution in [0.3, 0.4) is 0 Å². The van der Waals surface area contributed by atoms with Gasteiger partial charge in [-0.25, -0.2) is 4.98 Å². The Hall–Kier alpha value is -1.79. The number of fused-ring (bicyclic) bond motifs is 1. The van der Waals surface area contributed by atoms with E-state index in [4.69, 9.17) is 28.2 Å². The summed E-state index contributed by atoms with van der Waals surface area (Å²) in [4.78, 5) is 16.6. The van der Waals surface area contributed by atoms with Crippen molar-refractivity contribution in [3.8, 4) is 0 Å². The Morgan fingerprint density at radius 1 is 1.21 bits per heavy atom. The normalized spacial score (nSPS) is 11.9. The largest absolute Gasteiger partial charge is 0.393 e. The van der Waals surface area contributed by atoms with Crippen molar-refractivity contribution in [1.82, 2.24) is 14.9 Å². The van der Waals surface area contributed by atoms with Gasteiger partial charge in [-0.2, -0.15) is 0 Å². The van der Waals surface area contributed by atoms with Gasteiger partial charge in [0.1, 0.15) is 5.82 Å². The first-order valence-electron chi connectivity index (χ1n) is 9.27. The molecule has 0 bridgehead atoms. The van der Waals surface area contributed by atoms with Crippen LogP contribution in [0.1, 0.15) is 31.2 Å². The van der Waals surface area contributed by atoms with Crippen LogP contribution in [-0.4, -0.2) is 33.2 Å². The first kappa shape index (κ1) is 23.5. The van der Waals surface area contributed by atoms with Crippen LogP contribution in [0.5, 0.6) is 0 Å². The zero-order chi connectivity index (χ0) is 20.1.